The Kier molecular flexibility index (Phi) is 8.29. The average Bonchev–Trinajstić information content (AvgIpc) is 2.69. The molecule has 0 spiro atoms. The Morgan fingerprint density at radius 1 is 0.923 bits per heavy atom. The third kappa shape index (κ3) is 6.26. The van der Waals surface area contributed by atoms with Crippen LogP contribution in [0.2, 0.25) is 0 Å². The van der Waals surface area contributed by atoms with Crippen molar-refractivity contribution in [1.82, 2.24) is 0 Å². The lowest BCUT2D eigenvalue weighted by molar-refractivity contribution is -0.159. The molecule has 0 aliphatic rings. The second kappa shape index (κ2) is 10.7. The van der Waals surface area contributed by atoms with Crippen molar-refractivity contribution in [2.24, 2.45) is 0 Å². The van der Waals surface area contributed by atoms with E-state index in [1.54, 1.807) is 12.2 Å². The summed E-state index contributed by atoms with van der Waals surface area (Å²) in [6.45, 7) is 11.5. The number of ether oxygens (including phenoxy) is 3. The third-order valence-corrected chi connectivity index (χ3v) is 4.12. The Morgan fingerprint density at radius 3 is 2.04 bits per heavy atom. The molecule has 0 saturated heterocycles. The van der Waals surface area contributed by atoms with Gasteiger partial charge in [-0.15, -0.1) is 13.2 Å². The topological polar surface area (TPSA) is 27.7 Å². The summed E-state index contributed by atoms with van der Waals surface area (Å²) in [6, 6.07) is 20.1. The van der Waals surface area contributed by atoms with E-state index >= 15 is 0 Å². The van der Waals surface area contributed by atoms with Gasteiger partial charge in [0.1, 0.15) is 11.7 Å². The third-order valence-electron chi connectivity index (χ3n) is 4.12. The standard InChI is InChI=1S/C23H28O3/c1-4-16-24-19-23(3,26-18-21-14-10-7-11-15-21)22(5-2)25-17-20-12-8-6-9-13-20/h4-15,22H,1-2,16-19H2,3H3/t22-,23?/m0/s1. The number of rotatable bonds is 12. The molecule has 1 unspecified atom stereocenters. The summed E-state index contributed by atoms with van der Waals surface area (Å²) in [5.74, 6) is 0. The molecule has 0 aliphatic heterocycles. The largest absolute Gasteiger partial charge is 0.374 e. The van der Waals surface area contributed by atoms with Crippen molar-refractivity contribution in [1.29, 1.82) is 0 Å². The summed E-state index contributed by atoms with van der Waals surface area (Å²) in [5, 5.41) is 0. The van der Waals surface area contributed by atoms with E-state index in [0.29, 0.717) is 26.4 Å². The van der Waals surface area contributed by atoms with Gasteiger partial charge in [-0.1, -0.05) is 72.8 Å². The van der Waals surface area contributed by atoms with Gasteiger partial charge in [0.15, 0.2) is 0 Å². The van der Waals surface area contributed by atoms with Crippen molar-refractivity contribution in [2.75, 3.05) is 13.2 Å². The van der Waals surface area contributed by atoms with Crippen LogP contribution in [0.15, 0.2) is 86.0 Å². The first-order valence-electron chi connectivity index (χ1n) is 8.82. The Hall–Kier alpha value is -2.20. The van der Waals surface area contributed by atoms with E-state index in [2.05, 4.69) is 13.2 Å². The number of hydrogen-bond donors (Lipinski definition) is 0. The van der Waals surface area contributed by atoms with Gasteiger partial charge in [-0.3, -0.25) is 0 Å². The quantitative estimate of drug-likeness (QED) is 0.400. The summed E-state index contributed by atoms with van der Waals surface area (Å²) in [4.78, 5) is 0. The molecule has 3 heteroatoms. The first kappa shape index (κ1) is 20.1. The molecule has 0 bridgehead atoms. The lowest BCUT2D eigenvalue weighted by atomic mass is 9.99. The van der Waals surface area contributed by atoms with Gasteiger partial charge in [-0.2, -0.15) is 0 Å². The summed E-state index contributed by atoms with van der Waals surface area (Å²) < 4.78 is 18.1. The van der Waals surface area contributed by atoms with Gasteiger partial charge < -0.3 is 14.2 Å². The van der Waals surface area contributed by atoms with E-state index in [4.69, 9.17) is 14.2 Å². The first-order chi connectivity index (χ1) is 12.7. The fourth-order valence-electron chi connectivity index (χ4n) is 2.63. The van der Waals surface area contributed by atoms with Gasteiger partial charge in [0, 0.05) is 0 Å². The normalized spacial score (nSPS) is 14.3. The van der Waals surface area contributed by atoms with Crippen LogP contribution in [0, 0.1) is 0 Å². The first-order valence-corrected chi connectivity index (χ1v) is 8.82. The molecule has 0 saturated carbocycles. The molecule has 138 valence electrons. The van der Waals surface area contributed by atoms with Crippen LogP contribution in [-0.4, -0.2) is 24.9 Å². The predicted molar refractivity (Wildman–Crippen MR) is 106 cm³/mol. The van der Waals surface area contributed by atoms with E-state index in [-0.39, 0.29) is 6.10 Å². The molecule has 2 aromatic carbocycles. The molecule has 0 heterocycles. The molecular weight excluding hydrogens is 324 g/mol. The SMILES string of the molecule is C=CCOCC(C)(OCc1ccccc1)[C@H](C=C)OCc1ccccc1. The van der Waals surface area contributed by atoms with Gasteiger partial charge in [-0.05, 0) is 18.1 Å². The number of benzene rings is 2. The molecule has 2 atom stereocenters. The molecule has 0 amide bonds. The van der Waals surface area contributed by atoms with Crippen LogP contribution in [0.1, 0.15) is 18.1 Å². The zero-order valence-corrected chi connectivity index (χ0v) is 15.5. The maximum Gasteiger partial charge on any atom is 0.119 e. The molecule has 0 N–H and O–H groups in total. The Balaban J connectivity index is 2.05. The maximum absolute atomic E-state index is 6.25. The van der Waals surface area contributed by atoms with Crippen LogP contribution in [0.3, 0.4) is 0 Å². The van der Waals surface area contributed by atoms with Crippen LogP contribution in [0.25, 0.3) is 0 Å². The summed E-state index contributed by atoms with van der Waals surface area (Å²) in [5.41, 5.74) is 1.56. The Bertz CT molecular complexity index is 654. The van der Waals surface area contributed by atoms with Gasteiger partial charge in [0.25, 0.3) is 0 Å². The molecule has 2 aromatic rings. The van der Waals surface area contributed by atoms with Gasteiger partial charge in [-0.25, -0.2) is 0 Å². The molecule has 2 rings (SSSR count). The zero-order valence-electron chi connectivity index (χ0n) is 15.5. The van der Waals surface area contributed by atoms with E-state index in [1.807, 2.05) is 67.6 Å². The van der Waals surface area contributed by atoms with Crippen molar-refractivity contribution in [3.05, 3.63) is 97.1 Å². The van der Waals surface area contributed by atoms with Gasteiger partial charge >= 0.3 is 0 Å². The lowest BCUT2D eigenvalue weighted by Gasteiger charge is -2.35. The molecule has 0 aromatic heterocycles. The van der Waals surface area contributed by atoms with E-state index in [1.165, 1.54) is 0 Å². The van der Waals surface area contributed by atoms with E-state index in [9.17, 15) is 0 Å². The Morgan fingerprint density at radius 2 is 1.50 bits per heavy atom. The van der Waals surface area contributed by atoms with Crippen LogP contribution in [-0.2, 0) is 27.4 Å². The van der Waals surface area contributed by atoms with E-state index in [0.717, 1.165) is 11.1 Å². The fourth-order valence-corrected chi connectivity index (χ4v) is 2.63. The highest BCUT2D eigenvalue weighted by atomic mass is 16.6. The molecule has 0 radical (unpaired) electrons. The van der Waals surface area contributed by atoms with Crippen LogP contribution in [0.5, 0.6) is 0 Å². The second-order valence-electron chi connectivity index (χ2n) is 6.34. The van der Waals surface area contributed by atoms with E-state index < -0.39 is 5.60 Å². The highest BCUT2D eigenvalue weighted by Gasteiger charge is 2.35. The van der Waals surface area contributed by atoms with Crippen molar-refractivity contribution in [3.8, 4) is 0 Å². The van der Waals surface area contributed by atoms with Crippen molar-refractivity contribution >= 4 is 0 Å². The summed E-state index contributed by atoms with van der Waals surface area (Å²) >= 11 is 0. The lowest BCUT2D eigenvalue weighted by Crippen LogP contribution is -2.46. The van der Waals surface area contributed by atoms with Crippen molar-refractivity contribution in [3.63, 3.8) is 0 Å². The van der Waals surface area contributed by atoms with Gasteiger partial charge in [0.2, 0.25) is 0 Å². The van der Waals surface area contributed by atoms with Crippen LogP contribution in [0.4, 0.5) is 0 Å². The molecule has 0 aliphatic carbocycles. The summed E-state index contributed by atoms with van der Waals surface area (Å²) in [7, 11) is 0. The molecule has 0 fully saturated rings. The highest BCUT2D eigenvalue weighted by Crippen LogP contribution is 2.24. The minimum Gasteiger partial charge on any atom is -0.374 e. The average molecular weight is 352 g/mol. The molecule has 26 heavy (non-hydrogen) atoms. The monoisotopic (exact) mass is 352 g/mol. The number of hydrogen-bond acceptors (Lipinski definition) is 3. The minimum atomic E-state index is -0.657. The smallest absolute Gasteiger partial charge is 0.119 e. The Labute approximate surface area is 156 Å². The van der Waals surface area contributed by atoms with Crippen LogP contribution >= 0.6 is 0 Å². The zero-order chi connectivity index (χ0) is 18.7. The fraction of sp³-hybridized carbons (Fsp3) is 0.304. The van der Waals surface area contributed by atoms with Crippen molar-refractivity contribution < 1.29 is 14.2 Å². The van der Waals surface area contributed by atoms with Crippen LogP contribution < -0.4 is 0 Å². The minimum absolute atomic E-state index is 0.309. The maximum atomic E-state index is 6.25. The summed E-state index contributed by atoms with van der Waals surface area (Å²) in [6.07, 6.45) is 3.20. The highest BCUT2D eigenvalue weighted by molar-refractivity contribution is 5.15. The molecular formula is C23H28O3. The second-order valence-corrected chi connectivity index (χ2v) is 6.34. The van der Waals surface area contributed by atoms with Crippen molar-refractivity contribution in [2.45, 2.75) is 31.8 Å². The molecule has 3 nitrogen and oxygen atoms in total. The van der Waals surface area contributed by atoms with Gasteiger partial charge in [0.05, 0.1) is 26.4 Å². The predicted octanol–water partition coefficient (Wildman–Crippen LogP) is 4.94.